The normalized spacial score (nSPS) is 22.0. The largest absolute Gasteiger partial charge is 0.461 e. The van der Waals surface area contributed by atoms with Crippen LogP contribution in [-0.4, -0.2) is 48.6 Å². The summed E-state index contributed by atoms with van der Waals surface area (Å²) in [7, 11) is 0. The highest BCUT2D eigenvalue weighted by molar-refractivity contribution is 7.98. The van der Waals surface area contributed by atoms with Crippen molar-refractivity contribution in [2.45, 2.75) is 58.2 Å². The highest BCUT2D eigenvalue weighted by atomic mass is 35.5. The third-order valence-electron chi connectivity index (χ3n) is 3.72. The van der Waals surface area contributed by atoms with E-state index in [9.17, 15) is 9.59 Å². The molecule has 0 unspecified atom stereocenters. The second-order valence-corrected chi connectivity index (χ2v) is 6.70. The number of ether oxygens (including phenoxy) is 1. The van der Waals surface area contributed by atoms with Crippen LogP contribution in [0.2, 0.25) is 0 Å². The quantitative estimate of drug-likeness (QED) is 0.654. The minimum Gasteiger partial charge on any atom is -0.461 e. The highest BCUT2D eigenvalue weighted by Crippen LogP contribution is 2.19. The molecule has 0 saturated carbocycles. The molecular formula is C15H29ClN2O3S. The number of rotatable bonds is 8. The van der Waals surface area contributed by atoms with Gasteiger partial charge >= 0.3 is 5.97 Å². The molecule has 1 aliphatic rings. The summed E-state index contributed by atoms with van der Waals surface area (Å²) in [5.74, 6) is 0.755. The second-order valence-electron chi connectivity index (χ2n) is 5.72. The van der Waals surface area contributed by atoms with Gasteiger partial charge in [-0.05, 0) is 51.2 Å². The number of carbonyl (C=O) groups excluding carboxylic acids is 2. The Bertz CT molecular complexity index is 356. The van der Waals surface area contributed by atoms with E-state index in [0.717, 1.165) is 25.1 Å². The van der Waals surface area contributed by atoms with Crippen LogP contribution in [0, 0.1) is 5.92 Å². The Morgan fingerprint density at radius 1 is 1.41 bits per heavy atom. The van der Waals surface area contributed by atoms with E-state index < -0.39 is 6.04 Å². The molecule has 0 bridgehead atoms. The van der Waals surface area contributed by atoms with Gasteiger partial charge in [0.2, 0.25) is 5.91 Å². The minimum absolute atomic E-state index is 0. The summed E-state index contributed by atoms with van der Waals surface area (Å²) < 4.78 is 5.24. The molecule has 0 aliphatic carbocycles. The van der Waals surface area contributed by atoms with Crippen LogP contribution in [0.25, 0.3) is 0 Å². The van der Waals surface area contributed by atoms with Crippen molar-refractivity contribution in [2.24, 2.45) is 5.92 Å². The van der Waals surface area contributed by atoms with E-state index in [4.69, 9.17) is 4.74 Å². The summed E-state index contributed by atoms with van der Waals surface area (Å²) in [5, 5.41) is 6.10. The fourth-order valence-electron chi connectivity index (χ4n) is 2.56. The first-order chi connectivity index (χ1) is 9.99. The number of halogens is 1. The van der Waals surface area contributed by atoms with E-state index in [1.54, 1.807) is 11.8 Å². The molecule has 22 heavy (non-hydrogen) atoms. The molecule has 3 atom stereocenters. The summed E-state index contributed by atoms with van der Waals surface area (Å²) >= 11 is 1.66. The Labute approximate surface area is 144 Å². The molecule has 1 fully saturated rings. The lowest BCUT2D eigenvalue weighted by Gasteiger charge is -2.23. The average molecular weight is 353 g/mol. The van der Waals surface area contributed by atoms with Crippen molar-refractivity contribution in [2.75, 3.05) is 18.6 Å². The van der Waals surface area contributed by atoms with E-state index in [1.807, 2.05) is 20.1 Å². The van der Waals surface area contributed by atoms with E-state index >= 15 is 0 Å². The van der Waals surface area contributed by atoms with Gasteiger partial charge < -0.3 is 15.4 Å². The molecular weight excluding hydrogens is 324 g/mol. The fraction of sp³-hybridized carbons (Fsp3) is 0.867. The molecule has 7 heteroatoms. The molecule has 0 aromatic carbocycles. The van der Waals surface area contributed by atoms with Crippen molar-refractivity contribution in [3.05, 3.63) is 0 Å². The topological polar surface area (TPSA) is 67.4 Å². The van der Waals surface area contributed by atoms with Gasteiger partial charge in [-0.25, -0.2) is 4.79 Å². The SMILES string of the molecule is CC[C@H]1CCN[C@@H]1C(=O)N[C@@H](CCSC)C(=O)OC(C)C.Cl. The van der Waals surface area contributed by atoms with Crippen LogP contribution in [0.3, 0.4) is 0 Å². The third-order valence-corrected chi connectivity index (χ3v) is 4.37. The highest BCUT2D eigenvalue weighted by Gasteiger charge is 2.33. The van der Waals surface area contributed by atoms with E-state index in [0.29, 0.717) is 12.3 Å². The standard InChI is InChI=1S/C15H28N2O3S.ClH/c1-5-11-6-8-16-13(11)14(18)17-12(7-9-21-4)15(19)20-10(2)3;/h10-13,16H,5-9H2,1-4H3,(H,17,18);1H/t11-,12-,13-;/m0./s1. The van der Waals surface area contributed by atoms with Crippen molar-refractivity contribution in [1.82, 2.24) is 10.6 Å². The predicted molar refractivity (Wildman–Crippen MR) is 93.6 cm³/mol. The van der Waals surface area contributed by atoms with Crippen molar-refractivity contribution in [3.8, 4) is 0 Å². The summed E-state index contributed by atoms with van der Waals surface area (Å²) in [4.78, 5) is 24.5. The number of hydrogen-bond donors (Lipinski definition) is 2. The average Bonchev–Trinajstić information content (AvgIpc) is 2.90. The van der Waals surface area contributed by atoms with Gasteiger partial charge in [-0.1, -0.05) is 13.3 Å². The first-order valence-corrected chi connectivity index (χ1v) is 9.12. The molecule has 0 spiro atoms. The number of nitrogens with one attached hydrogen (secondary N) is 2. The zero-order chi connectivity index (χ0) is 15.8. The monoisotopic (exact) mass is 352 g/mol. The van der Waals surface area contributed by atoms with Crippen LogP contribution < -0.4 is 10.6 Å². The van der Waals surface area contributed by atoms with Crippen molar-refractivity contribution < 1.29 is 14.3 Å². The fourth-order valence-corrected chi connectivity index (χ4v) is 3.04. The Balaban J connectivity index is 0.00000441. The number of carbonyl (C=O) groups is 2. The number of amides is 1. The van der Waals surface area contributed by atoms with E-state index in [2.05, 4.69) is 17.6 Å². The molecule has 1 rings (SSSR count). The first-order valence-electron chi connectivity index (χ1n) is 7.72. The van der Waals surface area contributed by atoms with Crippen molar-refractivity contribution in [3.63, 3.8) is 0 Å². The maximum Gasteiger partial charge on any atom is 0.328 e. The second kappa shape index (κ2) is 11.1. The molecule has 1 amide bonds. The van der Waals surface area contributed by atoms with Crippen LogP contribution >= 0.6 is 24.2 Å². The molecule has 1 heterocycles. The van der Waals surface area contributed by atoms with Crippen LogP contribution in [0.4, 0.5) is 0 Å². The Hall–Kier alpha value is -0.460. The van der Waals surface area contributed by atoms with Gasteiger partial charge in [-0.3, -0.25) is 4.79 Å². The molecule has 130 valence electrons. The maximum absolute atomic E-state index is 12.4. The van der Waals surface area contributed by atoms with Crippen LogP contribution in [0.5, 0.6) is 0 Å². The lowest BCUT2D eigenvalue weighted by atomic mass is 9.97. The van der Waals surface area contributed by atoms with Gasteiger partial charge in [0.15, 0.2) is 0 Å². The maximum atomic E-state index is 12.4. The zero-order valence-electron chi connectivity index (χ0n) is 13.9. The van der Waals surface area contributed by atoms with E-state index in [1.165, 1.54) is 0 Å². The predicted octanol–water partition coefficient (Wildman–Crippen LogP) is 1.99. The van der Waals surface area contributed by atoms with Gasteiger partial charge in [-0.2, -0.15) is 11.8 Å². The van der Waals surface area contributed by atoms with Gasteiger partial charge in [0, 0.05) is 0 Å². The van der Waals surface area contributed by atoms with Crippen LogP contribution in [-0.2, 0) is 14.3 Å². The Morgan fingerprint density at radius 3 is 2.64 bits per heavy atom. The number of esters is 1. The zero-order valence-corrected chi connectivity index (χ0v) is 15.5. The van der Waals surface area contributed by atoms with Gasteiger partial charge in [0.25, 0.3) is 0 Å². The smallest absolute Gasteiger partial charge is 0.328 e. The molecule has 1 saturated heterocycles. The lowest BCUT2D eigenvalue weighted by molar-refractivity contribution is -0.151. The number of hydrogen-bond acceptors (Lipinski definition) is 5. The minimum atomic E-state index is -0.549. The van der Waals surface area contributed by atoms with Gasteiger partial charge in [0.1, 0.15) is 6.04 Å². The number of thioether (sulfide) groups is 1. The lowest BCUT2D eigenvalue weighted by Crippen LogP contribution is -2.51. The molecule has 0 aromatic rings. The van der Waals surface area contributed by atoms with Gasteiger partial charge in [0.05, 0.1) is 12.1 Å². The molecule has 2 N–H and O–H groups in total. The Morgan fingerprint density at radius 2 is 2.09 bits per heavy atom. The van der Waals surface area contributed by atoms with Crippen LogP contribution in [0.15, 0.2) is 0 Å². The molecule has 1 aliphatic heterocycles. The molecule has 5 nitrogen and oxygen atoms in total. The summed E-state index contributed by atoms with van der Waals surface area (Å²) in [6, 6.07) is -0.731. The van der Waals surface area contributed by atoms with Gasteiger partial charge in [-0.15, -0.1) is 12.4 Å². The van der Waals surface area contributed by atoms with E-state index in [-0.39, 0.29) is 36.4 Å². The summed E-state index contributed by atoms with van der Waals surface area (Å²) in [6.45, 7) is 6.59. The van der Waals surface area contributed by atoms with Crippen molar-refractivity contribution in [1.29, 1.82) is 0 Å². The molecule has 0 aromatic heterocycles. The van der Waals surface area contributed by atoms with Crippen LogP contribution in [0.1, 0.15) is 40.0 Å². The van der Waals surface area contributed by atoms with Crippen molar-refractivity contribution >= 4 is 36.0 Å². The summed E-state index contributed by atoms with van der Waals surface area (Å²) in [5.41, 5.74) is 0. The Kier molecular flexibility index (Phi) is 10.9. The summed E-state index contributed by atoms with van der Waals surface area (Å²) in [6.07, 6.45) is 4.40. The third kappa shape index (κ3) is 6.75. The first kappa shape index (κ1) is 21.5. The molecule has 0 radical (unpaired) electrons.